The Labute approximate surface area is 105 Å². The van der Waals surface area contributed by atoms with E-state index in [4.69, 9.17) is 10.5 Å². The van der Waals surface area contributed by atoms with E-state index >= 15 is 0 Å². The lowest BCUT2D eigenvalue weighted by Crippen LogP contribution is -2.06. The molecule has 9 heteroatoms. The summed E-state index contributed by atoms with van der Waals surface area (Å²) in [4.78, 5) is 11.0. The van der Waals surface area contributed by atoms with Crippen molar-refractivity contribution in [1.82, 2.24) is 15.0 Å². The van der Waals surface area contributed by atoms with Crippen molar-refractivity contribution in [3.8, 4) is 6.01 Å². The van der Waals surface area contributed by atoms with Crippen molar-refractivity contribution >= 4 is 17.6 Å². The van der Waals surface area contributed by atoms with Gasteiger partial charge in [-0.3, -0.25) is 0 Å². The zero-order chi connectivity index (χ0) is 14.0. The summed E-state index contributed by atoms with van der Waals surface area (Å²) in [5.74, 6) is -4.61. The minimum Gasteiger partial charge on any atom is -0.467 e. The molecule has 0 saturated heterocycles. The van der Waals surface area contributed by atoms with E-state index in [9.17, 15) is 13.2 Å². The van der Waals surface area contributed by atoms with Crippen LogP contribution < -0.4 is 15.8 Å². The number of hydrogen-bond acceptors (Lipinski definition) is 6. The van der Waals surface area contributed by atoms with Gasteiger partial charge < -0.3 is 15.8 Å². The molecule has 6 nitrogen and oxygen atoms in total. The van der Waals surface area contributed by atoms with Crippen LogP contribution in [-0.2, 0) is 0 Å². The molecule has 0 spiro atoms. The first-order valence-electron chi connectivity index (χ1n) is 4.97. The molecule has 0 fully saturated rings. The van der Waals surface area contributed by atoms with Crippen molar-refractivity contribution in [2.75, 3.05) is 18.2 Å². The molecule has 2 aromatic rings. The molecule has 0 aliphatic carbocycles. The molecule has 0 unspecified atom stereocenters. The second-order valence-electron chi connectivity index (χ2n) is 3.35. The number of nitrogen functional groups attached to an aromatic ring is 1. The number of halogens is 3. The van der Waals surface area contributed by atoms with Crippen LogP contribution in [0.25, 0.3) is 0 Å². The van der Waals surface area contributed by atoms with Gasteiger partial charge in [0.1, 0.15) is 0 Å². The molecule has 1 heterocycles. The summed E-state index contributed by atoms with van der Waals surface area (Å²) in [6.07, 6.45) is 0. The van der Waals surface area contributed by atoms with E-state index in [2.05, 4.69) is 20.3 Å². The summed E-state index contributed by atoms with van der Waals surface area (Å²) in [5, 5.41) is 2.35. The number of ether oxygens (including phenoxy) is 1. The zero-order valence-electron chi connectivity index (χ0n) is 9.62. The van der Waals surface area contributed by atoms with Gasteiger partial charge in [0.25, 0.3) is 0 Å². The fourth-order valence-electron chi connectivity index (χ4n) is 1.26. The number of hydrogen-bond donors (Lipinski definition) is 2. The molecule has 2 rings (SSSR count). The molecule has 1 aromatic carbocycles. The number of nitrogens with two attached hydrogens (primary N) is 1. The average molecular weight is 271 g/mol. The van der Waals surface area contributed by atoms with Crippen LogP contribution in [0.5, 0.6) is 6.01 Å². The second-order valence-corrected chi connectivity index (χ2v) is 3.35. The minimum absolute atomic E-state index is 0.0991. The van der Waals surface area contributed by atoms with E-state index in [0.29, 0.717) is 0 Å². The Morgan fingerprint density at radius 3 is 2.53 bits per heavy atom. The van der Waals surface area contributed by atoms with Gasteiger partial charge in [-0.1, -0.05) is 0 Å². The Kier molecular flexibility index (Phi) is 3.36. The summed E-state index contributed by atoms with van der Waals surface area (Å²) in [7, 11) is 1.30. The maximum atomic E-state index is 13.4. The lowest BCUT2D eigenvalue weighted by molar-refractivity contribution is 0.380. The predicted octanol–water partition coefficient (Wildman–Crippen LogP) is 1.62. The summed E-state index contributed by atoms with van der Waals surface area (Å²) < 4.78 is 43.9. The smallest absolute Gasteiger partial charge is 0.322 e. The normalized spacial score (nSPS) is 10.3. The van der Waals surface area contributed by atoms with Crippen molar-refractivity contribution < 1.29 is 17.9 Å². The standard InChI is InChI=1S/C10H8F3N5O/c1-19-10-17-8(14)16-9(18-10)15-5-3-2-4(11)6(12)7(5)13/h2-3H,1H3,(H3,14,15,16,17,18). The molecule has 0 radical (unpaired) electrons. The van der Waals surface area contributed by atoms with Gasteiger partial charge >= 0.3 is 6.01 Å². The molecule has 0 aliphatic heterocycles. The highest BCUT2D eigenvalue weighted by Crippen LogP contribution is 2.22. The zero-order valence-corrected chi connectivity index (χ0v) is 9.62. The number of benzene rings is 1. The molecular formula is C10H8F3N5O. The second kappa shape index (κ2) is 4.96. The molecule has 3 N–H and O–H groups in total. The Morgan fingerprint density at radius 2 is 1.84 bits per heavy atom. The SMILES string of the molecule is COc1nc(N)nc(Nc2ccc(F)c(F)c2F)n1. The number of nitrogens with zero attached hydrogens (tertiary/aromatic N) is 3. The van der Waals surface area contributed by atoms with Gasteiger partial charge in [-0.2, -0.15) is 15.0 Å². The Hall–Kier alpha value is -2.58. The maximum Gasteiger partial charge on any atom is 0.322 e. The van der Waals surface area contributed by atoms with Crippen LogP contribution in [-0.4, -0.2) is 22.1 Å². The lowest BCUT2D eigenvalue weighted by Gasteiger charge is -2.08. The van der Waals surface area contributed by atoms with Crippen molar-refractivity contribution in [3.63, 3.8) is 0 Å². The molecule has 0 aliphatic rings. The molecular weight excluding hydrogens is 263 g/mol. The molecule has 0 bridgehead atoms. The fourth-order valence-corrected chi connectivity index (χ4v) is 1.26. The van der Waals surface area contributed by atoms with Gasteiger partial charge in [0.05, 0.1) is 12.8 Å². The van der Waals surface area contributed by atoms with E-state index in [1.165, 1.54) is 7.11 Å². The van der Waals surface area contributed by atoms with Crippen LogP contribution in [0.15, 0.2) is 12.1 Å². The average Bonchev–Trinajstić information content (AvgIpc) is 2.39. The number of aromatic nitrogens is 3. The third-order valence-electron chi connectivity index (χ3n) is 2.10. The van der Waals surface area contributed by atoms with E-state index in [-0.39, 0.29) is 23.6 Å². The lowest BCUT2D eigenvalue weighted by atomic mass is 10.3. The van der Waals surface area contributed by atoms with Crippen molar-refractivity contribution in [1.29, 1.82) is 0 Å². The maximum absolute atomic E-state index is 13.4. The highest BCUT2D eigenvalue weighted by molar-refractivity contribution is 5.55. The summed E-state index contributed by atoms with van der Waals surface area (Å²) in [5.41, 5.74) is 5.03. The Morgan fingerprint density at radius 1 is 1.11 bits per heavy atom. The Balaban J connectivity index is 2.36. The Bertz CT molecular complexity index is 622. The van der Waals surface area contributed by atoms with Gasteiger partial charge in [-0.25, -0.2) is 13.2 Å². The molecule has 0 atom stereocenters. The first-order valence-corrected chi connectivity index (χ1v) is 4.97. The number of anilines is 3. The highest BCUT2D eigenvalue weighted by Gasteiger charge is 2.14. The van der Waals surface area contributed by atoms with Crippen LogP contribution in [0.3, 0.4) is 0 Å². The van der Waals surface area contributed by atoms with Crippen molar-refractivity contribution in [3.05, 3.63) is 29.6 Å². The van der Waals surface area contributed by atoms with E-state index in [0.717, 1.165) is 12.1 Å². The van der Waals surface area contributed by atoms with Gasteiger partial charge in [0, 0.05) is 0 Å². The van der Waals surface area contributed by atoms with Crippen LogP contribution in [0.4, 0.5) is 30.8 Å². The van der Waals surface area contributed by atoms with Crippen LogP contribution in [0.1, 0.15) is 0 Å². The summed E-state index contributed by atoms with van der Waals surface area (Å²) in [6.45, 7) is 0. The van der Waals surface area contributed by atoms with Crippen LogP contribution in [0.2, 0.25) is 0 Å². The topological polar surface area (TPSA) is 86.0 Å². The van der Waals surface area contributed by atoms with Crippen LogP contribution in [0, 0.1) is 17.5 Å². The number of methoxy groups -OCH3 is 1. The molecule has 19 heavy (non-hydrogen) atoms. The third-order valence-corrected chi connectivity index (χ3v) is 2.10. The molecule has 0 saturated carbocycles. The van der Waals surface area contributed by atoms with Crippen LogP contribution >= 0.6 is 0 Å². The quantitative estimate of drug-likeness (QED) is 0.825. The van der Waals surface area contributed by atoms with Gasteiger partial charge in [-0.05, 0) is 12.1 Å². The van der Waals surface area contributed by atoms with Gasteiger partial charge in [0.2, 0.25) is 11.9 Å². The van der Waals surface area contributed by atoms with E-state index in [1.54, 1.807) is 0 Å². The number of rotatable bonds is 3. The molecule has 0 amide bonds. The van der Waals surface area contributed by atoms with Gasteiger partial charge in [0.15, 0.2) is 17.5 Å². The van der Waals surface area contributed by atoms with Crippen molar-refractivity contribution in [2.24, 2.45) is 0 Å². The minimum atomic E-state index is -1.60. The summed E-state index contributed by atoms with van der Waals surface area (Å²) in [6, 6.07) is 1.67. The third kappa shape index (κ3) is 2.64. The highest BCUT2D eigenvalue weighted by atomic mass is 19.2. The predicted molar refractivity (Wildman–Crippen MR) is 60.4 cm³/mol. The first-order chi connectivity index (χ1) is 9.01. The largest absolute Gasteiger partial charge is 0.467 e. The summed E-state index contributed by atoms with van der Waals surface area (Å²) >= 11 is 0. The number of nitrogens with one attached hydrogen (secondary N) is 1. The molecule has 100 valence electrons. The van der Waals surface area contributed by atoms with E-state index in [1.807, 2.05) is 0 Å². The van der Waals surface area contributed by atoms with Gasteiger partial charge in [-0.15, -0.1) is 0 Å². The first kappa shape index (κ1) is 12.9. The fraction of sp³-hybridized carbons (Fsp3) is 0.100. The van der Waals surface area contributed by atoms with Crippen molar-refractivity contribution in [2.45, 2.75) is 0 Å². The molecule has 1 aromatic heterocycles. The monoisotopic (exact) mass is 271 g/mol. The van der Waals surface area contributed by atoms with E-state index < -0.39 is 17.5 Å².